The molecule has 1 atom stereocenters. The lowest BCUT2D eigenvalue weighted by Crippen LogP contribution is -2.38. The van der Waals surface area contributed by atoms with Crippen molar-refractivity contribution < 1.29 is 8.78 Å². The zero-order valence-electron chi connectivity index (χ0n) is 9.60. The van der Waals surface area contributed by atoms with Crippen molar-refractivity contribution in [2.24, 2.45) is 0 Å². The second kappa shape index (κ2) is 4.00. The summed E-state index contributed by atoms with van der Waals surface area (Å²) in [6.45, 7) is 4.18. The van der Waals surface area contributed by atoms with E-state index < -0.39 is 11.6 Å². The Labute approximate surface area is 98.6 Å². The number of thioether (sulfide) groups is 1. The predicted molar refractivity (Wildman–Crippen MR) is 63.5 cm³/mol. The first-order chi connectivity index (χ1) is 7.45. The minimum absolute atomic E-state index is 0.0218. The van der Waals surface area contributed by atoms with Crippen LogP contribution in [0.2, 0.25) is 0 Å². The Hall–Kier alpha value is -0.610. The first-order valence-corrected chi connectivity index (χ1v) is 6.23. The van der Waals surface area contributed by atoms with E-state index in [4.69, 9.17) is 0 Å². The molecule has 0 bridgehead atoms. The van der Waals surface area contributed by atoms with Crippen molar-refractivity contribution in [3.8, 4) is 0 Å². The van der Waals surface area contributed by atoms with E-state index in [0.29, 0.717) is 11.3 Å². The molecule has 1 unspecified atom stereocenters. The van der Waals surface area contributed by atoms with Gasteiger partial charge in [0.05, 0.1) is 0 Å². The topological polar surface area (TPSA) is 12.0 Å². The van der Waals surface area contributed by atoms with Gasteiger partial charge >= 0.3 is 0 Å². The highest BCUT2D eigenvalue weighted by Gasteiger charge is 2.37. The van der Waals surface area contributed by atoms with Crippen LogP contribution in [0.3, 0.4) is 0 Å². The minimum atomic E-state index is -0.501. The summed E-state index contributed by atoms with van der Waals surface area (Å²) in [5, 5.41) is 3.15. The molecule has 4 heteroatoms. The van der Waals surface area contributed by atoms with Gasteiger partial charge in [-0.25, -0.2) is 8.78 Å². The summed E-state index contributed by atoms with van der Waals surface area (Å²) < 4.78 is 26.8. The quantitative estimate of drug-likeness (QED) is 0.812. The Bertz CT molecular complexity index is 418. The fraction of sp³-hybridized carbons (Fsp3) is 0.500. The van der Waals surface area contributed by atoms with Gasteiger partial charge < -0.3 is 5.32 Å². The average Bonchev–Trinajstić information content (AvgIpc) is 2.15. The maximum Gasteiger partial charge on any atom is 0.130 e. The summed E-state index contributed by atoms with van der Waals surface area (Å²) in [6, 6.07) is 2.39. The molecule has 1 heterocycles. The summed E-state index contributed by atoms with van der Waals surface area (Å²) in [4.78, 5) is 0. The van der Waals surface area contributed by atoms with Crippen LogP contribution in [-0.2, 0) is 5.75 Å². The molecule has 1 aliphatic rings. The van der Waals surface area contributed by atoms with Crippen LogP contribution in [0.4, 0.5) is 8.78 Å². The van der Waals surface area contributed by atoms with Crippen molar-refractivity contribution in [1.82, 2.24) is 5.32 Å². The number of nitrogens with one attached hydrogen (secondary N) is 1. The van der Waals surface area contributed by atoms with E-state index in [1.165, 1.54) is 6.07 Å². The maximum atomic E-state index is 13.6. The van der Waals surface area contributed by atoms with E-state index in [2.05, 4.69) is 19.2 Å². The Morgan fingerprint density at radius 3 is 2.69 bits per heavy atom. The second-order valence-electron chi connectivity index (χ2n) is 4.57. The van der Waals surface area contributed by atoms with Crippen LogP contribution in [0, 0.1) is 11.6 Å². The Morgan fingerprint density at radius 1 is 1.38 bits per heavy atom. The lowest BCUT2D eigenvalue weighted by atomic mass is 9.91. The molecule has 0 amide bonds. The zero-order valence-corrected chi connectivity index (χ0v) is 10.4. The van der Waals surface area contributed by atoms with E-state index in [1.54, 1.807) is 11.8 Å². The molecule has 0 aliphatic carbocycles. The van der Waals surface area contributed by atoms with Gasteiger partial charge in [0, 0.05) is 28.2 Å². The van der Waals surface area contributed by atoms with E-state index >= 15 is 0 Å². The highest BCUT2D eigenvalue weighted by molar-refractivity contribution is 8.00. The van der Waals surface area contributed by atoms with E-state index in [1.807, 2.05) is 7.05 Å². The number of fused-ring (bicyclic) bond motifs is 1. The van der Waals surface area contributed by atoms with E-state index in [-0.39, 0.29) is 10.8 Å². The molecule has 2 rings (SSSR count). The summed E-state index contributed by atoms with van der Waals surface area (Å²) in [7, 11) is 1.82. The van der Waals surface area contributed by atoms with Crippen LogP contribution in [-0.4, -0.2) is 11.8 Å². The molecule has 0 fully saturated rings. The summed E-state index contributed by atoms with van der Waals surface area (Å²) in [5.41, 5.74) is 1.38. The van der Waals surface area contributed by atoms with Gasteiger partial charge in [-0.05, 0) is 32.5 Å². The van der Waals surface area contributed by atoms with Crippen molar-refractivity contribution in [2.45, 2.75) is 30.4 Å². The van der Waals surface area contributed by atoms with Crippen molar-refractivity contribution in [3.05, 3.63) is 34.9 Å². The van der Waals surface area contributed by atoms with Crippen molar-refractivity contribution in [3.63, 3.8) is 0 Å². The number of rotatable bonds is 1. The van der Waals surface area contributed by atoms with E-state index in [0.717, 1.165) is 11.6 Å². The predicted octanol–water partition coefficient (Wildman–Crippen LogP) is 3.25. The molecule has 1 N–H and O–H groups in total. The largest absolute Gasteiger partial charge is 0.312 e. The average molecular weight is 243 g/mol. The molecular formula is C12H15F2NS. The van der Waals surface area contributed by atoms with Crippen molar-refractivity contribution in [1.29, 1.82) is 0 Å². The lowest BCUT2D eigenvalue weighted by molar-refractivity contribution is 0.462. The van der Waals surface area contributed by atoms with Crippen LogP contribution in [0.1, 0.15) is 31.0 Å². The number of halogens is 2. The van der Waals surface area contributed by atoms with Crippen LogP contribution in [0.15, 0.2) is 12.1 Å². The van der Waals surface area contributed by atoms with Crippen LogP contribution in [0.5, 0.6) is 0 Å². The third-order valence-electron chi connectivity index (χ3n) is 3.08. The molecule has 1 nitrogen and oxygen atoms in total. The number of hydrogen-bond donors (Lipinski definition) is 1. The minimum Gasteiger partial charge on any atom is -0.312 e. The highest BCUT2D eigenvalue weighted by atomic mass is 32.2. The Kier molecular flexibility index (Phi) is 2.97. The molecule has 1 aliphatic heterocycles. The van der Waals surface area contributed by atoms with Crippen LogP contribution < -0.4 is 5.32 Å². The fourth-order valence-corrected chi connectivity index (χ4v) is 3.48. The third-order valence-corrected chi connectivity index (χ3v) is 4.49. The zero-order chi connectivity index (χ0) is 11.9. The van der Waals surface area contributed by atoms with Gasteiger partial charge in [0.2, 0.25) is 0 Å². The molecule has 0 radical (unpaired) electrons. The Morgan fingerprint density at radius 2 is 2.06 bits per heavy atom. The first-order valence-electron chi connectivity index (χ1n) is 5.25. The lowest BCUT2D eigenvalue weighted by Gasteiger charge is -2.39. The van der Waals surface area contributed by atoms with E-state index in [9.17, 15) is 8.78 Å². The van der Waals surface area contributed by atoms with Crippen molar-refractivity contribution in [2.75, 3.05) is 7.05 Å². The first kappa shape index (κ1) is 11.9. The molecular weight excluding hydrogens is 228 g/mol. The summed E-state index contributed by atoms with van der Waals surface area (Å²) in [6.07, 6.45) is 0. The van der Waals surface area contributed by atoms with Gasteiger partial charge in [0.1, 0.15) is 11.6 Å². The van der Waals surface area contributed by atoms with Gasteiger partial charge in [-0.15, -0.1) is 11.8 Å². The molecule has 1 aromatic carbocycles. The fourth-order valence-electron chi connectivity index (χ4n) is 2.25. The molecule has 16 heavy (non-hydrogen) atoms. The van der Waals surface area contributed by atoms with Gasteiger partial charge in [-0.1, -0.05) is 0 Å². The normalized spacial score (nSPS) is 22.9. The molecule has 0 aromatic heterocycles. The number of benzene rings is 1. The SMILES string of the molecule is CNC1c2cc(F)cc(F)c2CSC1(C)C. The molecule has 0 saturated carbocycles. The van der Waals surface area contributed by atoms with Crippen LogP contribution >= 0.6 is 11.8 Å². The smallest absolute Gasteiger partial charge is 0.130 e. The maximum absolute atomic E-state index is 13.6. The molecule has 0 spiro atoms. The van der Waals surface area contributed by atoms with Gasteiger partial charge in [0.15, 0.2) is 0 Å². The van der Waals surface area contributed by atoms with Gasteiger partial charge in [0.25, 0.3) is 0 Å². The summed E-state index contributed by atoms with van der Waals surface area (Å²) in [5.74, 6) is -0.329. The molecule has 0 saturated heterocycles. The monoisotopic (exact) mass is 243 g/mol. The highest BCUT2D eigenvalue weighted by Crippen LogP contribution is 2.46. The molecule has 88 valence electrons. The van der Waals surface area contributed by atoms with Gasteiger partial charge in [-0.2, -0.15) is 0 Å². The third kappa shape index (κ3) is 1.84. The van der Waals surface area contributed by atoms with Crippen molar-refractivity contribution >= 4 is 11.8 Å². The molecule has 1 aromatic rings. The van der Waals surface area contributed by atoms with Crippen LogP contribution in [0.25, 0.3) is 0 Å². The number of hydrogen-bond acceptors (Lipinski definition) is 2. The Balaban J connectivity index is 2.57. The second-order valence-corrected chi connectivity index (χ2v) is 6.20. The summed E-state index contributed by atoms with van der Waals surface area (Å²) >= 11 is 1.69. The standard InChI is InChI=1S/C12H15F2NS/c1-12(2)11(15-3)8-4-7(13)5-10(14)9(8)6-16-12/h4-5,11,15H,6H2,1-3H3. The van der Waals surface area contributed by atoms with Gasteiger partial charge in [-0.3, -0.25) is 0 Å².